The molecule has 0 aromatic heterocycles. The zero-order chi connectivity index (χ0) is 13.6. The predicted octanol–water partition coefficient (Wildman–Crippen LogP) is 3.70. The largest absolute Gasteiger partial charge is 0.492 e. The monoisotopic (exact) mass is 249 g/mol. The molecule has 1 aromatic rings. The van der Waals surface area contributed by atoms with Gasteiger partial charge in [-0.05, 0) is 36.2 Å². The minimum Gasteiger partial charge on any atom is -0.492 e. The van der Waals surface area contributed by atoms with Gasteiger partial charge in [0, 0.05) is 6.54 Å². The first-order valence-electron chi connectivity index (χ1n) is 6.93. The van der Waals surface area contributed by atoms with Gasteiger partial charge in [-0.25, -0.2) is 0 Å². The summed E-state index contributed by atoms with van der Waals surface area (Å²) in [6, 6.07) is 8.46. The van der Waals surface area contributed by atoms with Gasteiger partial charge in [0.25, 0.3) is 0 Å². The highest BCUT2D eigenvalue weighted by atomic mass is 16.5. The summed E-state index contributed by atoms with van der Waals surface area (Å²) >= 11 is 0. The van der Waals surface area contributed by atoms with E-state index >= 15 is 0 Å². The Bertz CT molecular complexity index is 333. The lowest BCUT2D eigenvalue weighted by Crippen LogP contribution is -2.27. The Kier molecular flexibility index (Phi) is 5.67. The molecule has 0 saturated heterocycles. The molecule has 1 rings (SSSR count). The molecule has 0 aliphatic rings. The molecule has 0 radical (unpaired) electrons. The molecular formula is C16H27NO. The summed E-state index contributed by atoms with van der Waals surface area (Å²) in [6.07, 6.45) is 0. The molecule has 2 heteroatoms. The van der Waals surface area contributed by atoms with Crippen LogP contribution in [-0.4, -0.2) is 31.1 Å². The van der Waals surface area contributed by atoms with Gasteiger partial charge in [-0.3, -0.25) is 0 Å². The molecule has 0 heterocycles. The van der Waals surface area contributed by atoms with Crippen LogP contribution in [0.25, 0.3) is 0 Å². The fraction of sp³-hybridized carbons (Fsp3) is 0.625. The van der Waals surface area contributed by atoms with Crippen LogP contribution in [0.4, 0.5) is 0 Å². The Labute approximate surface area is 112 Å². The van der Waals surface area contributed by atoms with Crippen LogP contribution < -0.4 is 4.74 Å². The van der Waals surface area contributed by atoms with Crippen molar-refractivity contribution in [2.75, 3.05) is 26.2 Å². The van der Waals surface area contributed by atoms with Crippen molar-refractivity contribution >= 4 is 0 Å². The molecule has 102 valence electrons. The average molecular weight is 249 g/mol. The quantitative estimate of drug-likeness (QED) is 0.762. The molecule has 0 atom stereocenters. The fourth-order valence-corrected chi connectivity index (χ4v) is 1.88. The Hall–Kier alpha value is -1.02. The van der Waals surface area contributed by atoms with Crippen molar-refractivity contribution in [1.82, 2.24) is 4.90 Å². The van der Waals surface area contributed by atoms with Gasteiger partial charge in [0.2, 0.25) is 0 Å². The number of hydrogen-bond donors (Lipinski definition) is 0. The van der Waals surface area contributed by atoms with Crippen molar-refractivity contribution in [2.24, 2.45) is 0 Å². The van der Waals surface area contributed by atoms with Crippen molar-refractivity contribution in [3.05, 3.63) is 29.8 Å². The summed E-state index contributed by atoms with van der Waals surface area (Å²) < 4.78 is 5.77. The van der Waals surface area contributed by atoms with Crippen LogP contribution >= 0.6 is 0 Å². The lowest BCUT2D eigenvalue weighted by Gasteiger charge is -2.20. The molecule has 0 aliphatic carbocycles. The van der Waals surface area contributed by atoms with Crippen LogP contribution in [0.5, 0.6) is 5.75 Å². The Morgan fingerprint density at radius 2 is 1.56 bits per heavy atom. The van der Waals surface area contributed by atoms with E-state index in [2.05, 4.69) is 63.8 Å². The van der Waals surface area contributed by atoms with E-state index in [1.807, 2.05) is 0 Å². The molecule has 0 unspecified atom stereocenters. The zero-order valence-electron chi connectivity index (χ0n) is 12.5. The molecule has 2 nitrogen and oxygen atoms in total. The van der Waals surface area contributed by atoms with Crippen molar-refractivity contribution < 1.29 is 4.74 Å². The van der Waals surface area contributed by atoms with Gasteiger partial charge < -0.3 is 9.64 Å². The fourth-order valence-electron chi connectivity index (χ4n) is 1.88. The maximum absolute atomic E-state index is 5.77. The summed E-state index contributed by atoms with van der Waals surface area (Å²) in [4.78, 5) is 2.36. The van der Waals surface area contributed by atoms with E-state index in [1.165, 1.54) is 5.56 Å². The third-order valence-corrected chi connectivity index (χ3v) is 3.29. The van der Waals surface area contributed by atoms with Crippen LogP contribution in [0.3, 0.4) is 0 Å². The lowest BCUT2D eigenvalue weighted by molar-refractivity contribution is 0.223. The normalized spacial score (nSPS) is 11.9. The van der Waals surface area contributed by atoms with Crippen molar-refractivity contribution in [3.63, 3.8) is 0 Å². The highest BCUT2D eigenvalue weighted by Gasteiger charge is 2.12. The summed E-state index contributed by atoms with van der Waals surface area (Å²) in [6.45, 7) is 15.0. The maximum atomic E-state index is 5.77. The van der Waals surface area contributed by atoms with Crippen molar-refractivity contribution in [1.29, 1.82) is 0 Å². The first kappa shape index (κ1) is 15.0. The highest BCUT2D eigenvalue weighted by molar-refractivity contribution is 5.31. The van der Waals surface area contributed by atoms with E-state index in [-0.39, 0.29) is 5.41 Å². The molecule has 18 heavy (non-hydrogen) atoms. The first-order valence-corrected chi connectivity index (χ1v) is 6.93. The van der Waals surface area contributed by atoms with Gasteiger partial charge in [0.1, 0.15) is 12.4 Å². The molecule has 1 aromatic carbocycles. The minimum atomic E-state index is 0.208. The van der Waals surface area contributed by atoms with Crippen LogP contribution in [0.15, 0.2) is 24.3 Å². The molecule has 0 amide bonds. The van der Waals surface area contributed by atoms with Gasteiger partial charge in [0.05, 0.1) is 0 Å². The number of rotatable bonds is 6. The van der Waals surface area contributed by atoms with Crippen LogP contribution in [0.1, 0.15) is 40.2 Å². The van der Waals surface area contributed by atoms with E-state index in [1.54, 1.807) is 0 Å². The maximum Gasteiger partial charge on any atom is 0.119 e. The van der Waals surface area contributed by atoms with Gasteiger partial charge in [-0.1, -0.05) is 46.8 Å². The van der Waals surface area contributed by atoms with Crippen LogP contribution in [0.2, 0.25) is 0 Å². The summed E-state index contributed by atoms with van der Waals surface area (Å²) in [5.74, 6) is 0.968. The average Bonchev–Trinajstić information content (AvgIpc) is 2.34. The Morgan fingerprint density at radius 3 is 2.00 bits per heavy atom. The molecule has 0 aliphatic heterocycles. The molecule has 0 bridgehead atoms. The van der Waals surface area contributed by atoms with Gasteiger partial charge >= 0.3 is 0 Å². The Balaban J connectivity index is 2.45. The first-order chi connectivity index (χ1) is 8.47. The lowest BCUT2D eigenvalue weighted by atomic mass is 9.87. The minimum absolute atomic E-state index is 0.208. The SMILES string of the molecule is CCN(CC)CCOc1ccc(C(C)(C)C)cc1. The van der Waals surface area contributed by atoms with Crippen LogP contribution in [-0.2, 0) is 5.41 Å². The second kappa shape index (κ2) is 6.79. The number of ether oxygens (including phenoxy) is 1. The number of nitrogens with zero attached hydrogens (tertiary/aromatic N) is 1. The molecule has 0 N–H and O–H groups in total. The van der Waals surface area contributed by atoms with E-state index in [4.69, 9.17) is 4.74 Å². The topological polar surface area (TPSA) is 12.5 Å². The summed E-state index contributed by atoms with van der Waals surface area (Å²) in [5, 5.41) is 0. The van der Waals surface area contributed by atoms with Gasteiger partial charge in [-0.15, -0.1) is 0 Å². The third kappa shape index (κ3) is 4.69. The van der Waals surface area contributed by atoms with E-state index in [0.29, 0.717) is 0 Å². The highest BCUT2D eigenvalue weighted by Crippen LogP contribution is 2.24. The predicted molar refractivity (Wildman–Crippen MR) is 78.4 cm³/mol. The molecule has 0 fully saturated rings. The summed E-state index contributed by atoms with van der Waals surface area (Å²) in [7, 11) is 0. The van der Waals surface area contributed by atoms with Gasteiger partial charge in [0.15, 0.2) is 0 Å². The third-order valence-electron chi connectivity index (χ3n) is 3.29. The smallest absolute Gasteiger partial charge is 0.119 e. The molecule has 0 spiro atoms. The molecule has 0 saturated carbocycles. The zero-order valence-corrected chi connectivity index (χ0v) is 12.5. The second-order valence-electron chi connectivity index (χ2n) is 5.65. The number of benzene rings is 1. The number of likely N-dealkylation sites (N-methyl/N-ethyl adjacent to an activating group) is 1. The second-order valence-corrected chi connectivity index (χ2v) is 5.65. The van der Waals surface area contributed by atoms with Crippen molar-refractivity contribution in [3.8, 4) is 5.75 Å². The van der Waals surface area contributed by atoms with E-state index < -0.39 is 0 Å². The Morgan fingerprint density at radius 1 is 1.00 bits per heavy atom. The number of hydrogen-bond acceptors (Lipinski definition) is 2. The molecular weight excluding hydrogens is 222 g/mol. The van der Waals surface area contributed by atoms with Crippen LogP contribution in [0, 0.1) is 0 Å². The van der Waals surface area contributed by atoms with Gasteiger partial charge in [-0.2, -0.15) is 0 Å². The van der Waals surface area contributed by atoms with Crippen molar-refractivity contribution in [2.45, 2.75) is 40.0 Å². The van der Waals surface area contributed by atoms with E-state index in [0.717, 1.165) is 32.0 Å². The standard InChI is InChI=1S/C16H27NO/c1-6-17(7-2)12-13-18-15-10-8-14(9-11-15)16(3,4)5/h8-11H,6-7,12-13H2,1-5H3. The van der Waals surface area contributed by atoms with E-state index in [9.17, 15) is 0 Å². The summed E-state index contributed by atoms with van der Waals surface area (Å²) in [5.41, 5.74) is 1.55.